The van der Waals surface area contributed by atoms with Crippen molar-refractivity contribution in [3.63, 3.8) is 0 Å². The number of amides is 13. The van der Waals surface area contributed by atoms with Crippen molar-refractivity contribution < 1.29 is 92.3 Å². The fourth-order valence-electron chi connectivity index (χ4n) is 12.6. The van der Waals surface area contributed by atoms with Crippen molar-refractivity contribution in [2.24, 2.45) is 23.5 Å². The number of aliphatic carboxylic acids is 2. The topological polar surface area (TPSA) is 580 Å². The monoisotopic (exact) mass is 1660 g/mol. The van der Waals surface area contributed by atoms with Crippen LogP contribution in [0.3, 0.4) is 0 Å². The number of aliphatic hydroxyl groups is 1. The maximum absolute atomic E-state index is 15.1. The fourth-order valence-corrected chi connectivity index (χ4v) is 13.1. The van der Waals surface area contributed by atoms with E-state index in [1.165, 1.54) is 43.7 Å². The second-order valence-corrected chi connectivity index (χ2v) is 30.4. The van der Waals surface area contributed by atoms with Gasteiger partial charge >= 0.3 is 11.9 Å². The number of fused-ring (bicyclic) bond motifs is 2. The van der Waals surface area contributed by atoms with Crippen molar-refractivity contribution in [3.8, 4) is 5.75 Å². The number of nitrogens with one attached hydrogen (secondary N) is 16. The lowest BCUT2D eigenvalue weighted by Gasteiger charge is -2.29. The summed E-state index contributed by atoms with van der Waals surface area (Å²) < 4.78 is 0. The first-order valence-corrected chi connectivity index (χ1v) is 39.6. The molecule has 0 spiro atoms. The van der Waals surface area contributed by atoms with Gasteiger partial charge in [0.15, 0.2) is 0 Å². The zero-order chi connectivity index (χ0) is 86.3. The number of carboxylic acids is 2. The maximum Gasteiger partial charge on any atom is 0.305 e. The lowest BCUT2D eigenvalue weighted by atomic mass is 9.98. The third kappa shape index (κ3) is 29.9. The number of nitrogens with zero attached hydrogens (tertiary/aromatic N) is 1. The lowest BCUT2D eigenvalue weighted by Crippen LogP contribution is -2.61. The molecule has 3 aromatic heterocycles. The first-order chi connectivity index (χ1) is 55.5. The SMILES string of the molecule is CCCNC(CC(=O)O)C(=O)N[C@@H](CS)C(=O)NC(Cc1ccc(O)cc1)C(=O)N[C@@H](Cc1c[nH]c2ccccc12)C(=O)NC(Cc1cnc[nH]1)C(=O)N[C@@H](CC(C)C)C(=O)NCC(=O)N[C@@H](CCC(=O)O)C(=O)NC(CC(C)C)C(=O)N[C@H](C(=O)NC(Cc1c[nH]c2ccccc12)C(=O)N[C@@H](CS)C(=O)N[C@H](C(N)=O)[C@@H](C)O)C(C)C. The average Bonchev–Trinajstić information content (AvgIpc) is 1.72. The number of aromatic hydroxyl groups is 1. The summed E-state index contributed by atoms with van der Waals surface area (Å²) in [7, 11) is 0. The minimum absolute atomic E-state index is 0.0683. The number of carbonyl (C=O) groups is 15. The normalized spacial score (nSPS) is 14.7. The number of aromatic nitrogens is 4. The molecule has 13 amide bonds. The summed E-state index contributed by atoms with van der Waals surface area (Å²) in [5.74, 6) is -17.0. The summed E-state index contributed by atoms with van der Waals surface area (Å²) in [6.07, 6.45) is 2.13. The van der Waals surface area contributed by atoms with Gasteiger partial charge < -0.3 is 110 Å². The molecule has 39 heteroatoms. The first kappa shape index (κ1) is 94.3. The number of aliphatic hydroxyl groups excluding tert-OH is 1. The van der Waals surface area contributed by atoms with Crippen molar-refractivity contribution in [3.05, 3.63) is 120 Å². The average molecular weight is 1670 g/mol. The molecule has 117 heavy (non-hydrogen) atoms. The number of carbonyl (C=O) groups excluding carboxylic acids is 13. The number of aromatic amines is 3. The molecule has 0 aliphatic rings. The second-order valence-electron chi connectivity index (χ2n) is 29.6. The van der Waals surface area contributed by atoms with Crippen molar-refractivity contribution in [2.45, 2.75) is 198 Å². The number of nitrogens with two attached hydrogens (primary N) is 1. The van der Waals surface area contributed by atoms with Crippen LogP contribution in [0.1, 0.15) is 116 Å². The Bertz CT molecular complexity index is 4420. The van der Waals surface area contributed by atoms with Crippen LogP contribution < -0.4 is 74.9 Å². The van der Waals surface area contributed by atoms with Crippen LogP contribution in [0.5, 0.6) is 5.75 Å². The number of imidazole rings is 1. The van der Waals surface area contributed by atoms with Crippen LogP contribution in [0.15, 0.2) is 97.7 Å². The molecule has 0 bridgehead atoms. The van der Waals surface area contributed by atoms with Gasteiger partial charge in [-0.25, -0.2) is 4.98 Å². The number of rotatable bonds is 49. The number of hydrogen-bond donors (Lipinski definition) is 23. The minimum atomic E-state index is -1.67. The van der Waals surface area contributed by atoms with E-state index in [1.807, 2.05) is 0 Å². The van der Waals surface area contributed by atoms with E-state index in [0.717, 1.165) is 0 Å². The summed E-state index contributed by atoms with van der Waals surface area (Å²) in [5.41, 5.74) is 8.58. The van der Waals surface area contributed by atoms with E-state index < -0.39 is 199 Å². The predicted molar refractivity (Wildman–Crippen MR) is 436 cm³/mol. The summed E-state index contributed by atoms with van der Waals surface area (Å²) in [4.78, 5) is 221. The maximum atomic E-state index is 15.1. The smallest absolute Gasteiger partial charge is 0.305 e. The predicted octanol–water partition coefficient (Wildman–Crippen LogP) is -1.02. The number of phenols is 1. The highest BCUT2D eigenvalue weighted by Gasteiger charge is 2.39. The number of para-hydroxylation sites is 2. The summed E-state index contributed by atoms with van der Waals surface area (Å²) in [6, 6.07) is 2.13. The van der Waals surface area contributed by atoms with Crippen LogP contribution in [0.2, 0.25) is 0 Å². The second kappa shape index (κ2) is 46.2. The molecule has 0 fully saturated rings. The molecule has 6 aromatic rings. The number of carboxylic acid groups (broad SMARTS) is 2. The van der Waals surface area contributed by atoms with Gasteiger partial charge in [0.05, 0.1) is 31.4 Å². The molecular weight excluding hydrogens is 1560 g/mol. The van der Waals surface area contributed by atoms with Crippen LogP contribution in [0, 0.1) is 17.8 Å². The van der Waals surface area contributed by atoms with Crippen LogP contribution in [0.4, 0.5) is 0 Å². The highest BCUT2D eigenvalue weighted by Crippen LogP contribution is 2.23. The molecule has 0 aliphatic carbocycles. The Morgan fingerprint density at radius 2 is 0.897 bits per heavy atom. The van der Waals surface area contributed by atoms with Gasteiger partial charge in [-0.15, -0.1) is 0 Å². The molecule has 37 nitrogen and oxygen atoms in total. The van der Waals surface area contributed by atoms with Gasteiger partial charge in [0.25, 0.3) is 0 Å². The first-order valence-electron chi connectivity index (χ1n) is 38.3. The van der Waals surface area contributed by atoms with Gasteiger partial charge in [-0.1, -0.05) is 97.0 Å². The van der Waals surface area contributed by atoms with Gasteiger partial charge in [0.2, 0.25) is 76.8 Å². The van der Waals surface area contributed by atoms with E-state index in [9.17, 15) is 87.5 Å². The zero-order valence-corrected chi connectivity index (χ0v) is 68.0. The van der Waals surface area contributed by atoms with Crippen LogP contribution in [0.25, 0.3) is 21.8 Å². The number of benzene rings is 3. The molecule has 5 unspecified atom stereocenters. The highest BCUT2D eigenvalue weighted by molar-refractivity contribution is 7.80. The van der Waals surface area contributed by atoms with E-state index in [1.54, 1.807) is 109 Å². The van der Waals surface area contributed by atoms with E-state index >= 15 is 4.79 Å². The molecule has 3 heterocycles. The van der Waals surface area contributed by atoms with Gasteiger partial charge in [-0.05, 0) is 97.9 Å². The van der Waals surface area contributed by atoms with Crippen molar-refractivity contribution in [2.75, 3.05) is 24.6 Å². The van der Waals surface area contributed by atoms with Crippen molar-refractivity contribution >= 4 is 136 Å². The third-order valence-electron chi connectivity index (χ3n) is 18.8. The van der Waals surface area contributed by atoms with Gasteiger partial charge in [-0.3, -0.25) is 71.9 Å². The zero-order valence-electron chi connectivity index (χ0n) is 66.2. The van der Waals surface area contributed by atoms with Crippen LogP contribution >= 0.6 is 25.3 Å². The van der Waals surface area contributed by atoms with Gasteiger partial charge in [-0.2, -0.15) is 25.3 Å². The quantitative estimate of drug-likeness (QED) is 0.0203. The molecule has 6 rings (SSSR count). The molecule has 0 aliphatic heterocycles. The number of thiol groups is 2. The Kier molecular flexibility index (Phi) is 37.3. The van der Waals surface area contributed by atoms with Crippen molar-refractivity contribution in [1.82, 2.24) is 89.1 Å². The van der Waals surface area contributed by atoms with Gasteiger partial charge in [0, 0.05) is 89.7 Å². The van der Waals surface area contributed by atoms with E-state index in [0.29, 0.717) is 50.6 Å². The molecular formula is C78H108N18O19S2. The van der Waals surface area contributed by atoms with E-state index in [-0.39, 0.29) is 74.2 Å². The Labute approximate surface area is 686 Å². The van der Waals surface area contributed by atoms with Gasteiger partial charge in [0.1, 0.15) is 72.2 Å². The largest absolute Gasteiger partial charge is 0.508 e. The number of H-pyrrole nitrogens is 3. The highest BCUT2D eigenvalue weighted by atomic mass is 32.1. The van der Waals surface area contributed by atoms with Crippen LogP contribution in [-0.2, 0) is 97.6 Å². The minimum Gasteiger partial charge on any atom is -0.508 e. The standard InChI is InChI=1S/C78H108N18O19S2/c1-9-24-81-53(31-64(102)103)70(107)93-60(36-116)76(113)89-56(27-43-18-20-47(98)21-19-43)71(108)90-57(28-44-32-82-50-16-12-10-14-48(44)50)72(109)91-59(30-46-34-80-38-85-46)74(111)87-54(25-39(2)3)68(105)84-35-62(99)86-52(22-23-63(100)101)69(106)88-55(26-40(4)5)75(112)95-65(41(6)7)78(115)92-58(29-45-33-83-51-17-13-11-15-49(45)51)73(110)94-61(37-117)77(114)96-66(42(8)97)67(79)104/h10-21,32-34,38-42,52-61,65-66,81-83,97-98,116-117H,9,22-31,35-37H2,1-8H3,(H2,79,104)(H,80,85)(H,84,105)(H,86,99)(H,87,111)(H,88,106)(H,89,113)(H,90,108)(H,91,109)(H,92,115)(H,93,107)(H,94,110)(H,95,112)(H,96,114)(H,100,101)(H,102,103)/t42-,52+,53?,54+,55?,56?,57+,58?,59?,60+,61+,65+,66+/m1/s1. The molecule has 636 valence electrons. The molecule has 0 saturated carbocycles. The summed E-state index contributed by atoms with van der Waals surface area (Å²) >= 11 is 8.51. The molecule has 0 saturated heterocycles. The van der Waals surface area contributed by atoms with Crippen molar-refractivity contribution in [1.29, 1.82) is 0 Å². The Morgan fingerprint density at radius 1 is 0.470 bits per heavy atom. The molecule has 0 radical (unpaired) electrons. The Hall–Kier alpha value is -11.6. The number of primary amides is 1. The fraction of sp³-hybridized carbons (Fsp3) is 0.487. The molecule has 13 atom stereocenters. The number of hydrogen-bond acceptors (Lipinski definition) is 21. The third-order valence-corrected chi connectivity index (χ3v) is 19.5. The molecule has 22 N–H and O–H groups in total. The van der Waals surface area contributed by atoms with Crippen LogP contribution in [-0.4, -0.2) is 232 Å². The molecule has 3 aromatic carbocycles. The van der Waals surface area contributed by atoms with E-state index in [4.69, 9.17) is 5.73 Å². The number of phenolic OH excluding ortho intramolecular Hbond substituents is 1. The summed E-state index contributed by atoms with van der Waals surface area (Å²) in [5, 5.41) is 74.8. The Balaban J connectivity index is 1.20. The Morgan fingerprint density at radius 3 is 1.35 bits per heavy atom. The van der Waals surface area contributed by atoms with E-state index in [2.05, 4.69) is 114 Å². The lowest BCUT2D eigenvalue weighted by molar-refractivity contribution is -0.140. The summed E-state index contributed by atoms with van der Waals surface area (Å²) in [6.45, 7) is 12.5.